The predicted octanol–water partition coefficient (Wildman–Crippen LogP) is 3.85. The normalized spacial score (nSPS) is 13.8. The van der Waals surface area contributed by atoms with Crippen LogP contribution >= 0.6 is 0 Å². The summed E-state index contributed by atoms with van der Waals surface area (Å²) >= 11 is 0. The van der Waals surface area contributed by atoms with Crippen molar-refractivity contribution in [3.63, 3.8) is 0 Å². The second-order valence-corrected chi connectivity index (χ2v) is 7.83. The van der Waals surface area contributed by atoms with Crippen molar-refractivity contribution < 1.29 is 9.72 Å². The molecule has 1 amide bonds. The summed E-state index contributed by atoms with van der Waals surface area (Å²) in [7, 11) is 0. The summed E-state index contributed by atoms with van der Waals surface area (Å²) in [5.74, 6) is 0.195. The topological polar surface area (TPSA) is 101 Å². The number of rotatable bonds is 7. The number of nitro benzene ring substituents is 1. The molecule has 2 heterocycles. The Hall–Kier alpha value is -3.65. The van der Waals surface area contributed by atoms with Crippen molar-refractivity contribution in [1.29, 1.82) is 0 Å². The van der Waals surface area contributed by atoms with Crippen molar-refractivity contribution in [2.24, 2.45) is 0 Å². The molecule has 0 spiro atoms. The summed E-state index contributed by atoms with van der Waals surface area (Å²) in [4.78, 5) is 35.6. The fourth-order valence-corrected chi connectivity index (χ4v) is 3.96. The van der Waals surface area contributed by atoms with Crippen LogP contribution in [-0.4, -0.2) is 51.9 Å². The largest absolute Gasteiger partial charge is 0.351 e. The zero-order valence-corrected chi connectivity index (χ0v) is 18.0. The summed E-state index contributed by atoms with van der Waals surface area (Å²) in [5, 5.41) is 14.3. The van der Waals surface area contributed by atoms with Gasteiger partial charge in [0.2, 0.25) is 0 Å². The predicted molar refractivity (Wildman–Crippen MR) is 122 cm³/mol. The van der Waals surface area contributed by atoms with E-state index >= 15 is 0 Å². The molecule has 1 aliphatic rings. The zero-order valence-electron chi connectivity index (χ0n) is 18.0. The Morgan fingerprint density at radius 1 is 1.06 bits per heavy atom. The van der Waals surface area contributed by atoms with Gasteiger partial charge in [-0.2, -0.15) is 0 Å². The van der Waals surface area contributed by atoms with Gasteiger partial charge in [-0.3, -0.25) is 14.9 Å². The number of likely N-dealkylation sites (tertiary alicyclic amines) is 1. The summed E-state index contributed by atoms with van der Waals surface area (Å²) < 4.78 is 0. The number of aryl methyl sites for hydroxylation is 1. The van der Waals surface area contributed by atoms with E-state index in [-0.39, 0.29) is 11.6 Å². The molecule has 1 N–H and O–H groups in total. The molecule has 1 fully saturated rings. The van der Waals surface area contributed by atoms with Gasteiger partial charge in [-0.05, 0) is 32.9 Å². The van der Waals surface area contributed by atoms with Crippen molar-refractivity contribution >= 4 is 11.6 Å². The molecule has 0 radical (unpaired) electrons. The molecule has 2 aromatic carbocycles. The minimum absolute atomic E-state index is 0.0552. The van der Waals surface area contributed by atoms with Crippen LogP contribution in [-0.2, 0) is 0 Å². The van der Waals surface area contributed by atoms with E-state index in [1.165, 1.54) is 25.0 Å². The van der Waals surface area contributed by atoms with Crippen LogP contribution in [0.2, 0.25) is 0 Å². The number of benzene rings is 2. The smallest absolute Gasteiger partial charge is 0.270 e. The number of nitrogens with zero attached hydrogens (tertiary/aromatic N) is 4. The first kappa shape index (κ1) is 21.6. The third kappa shape index (κ3) is 4.81. The molecule has 3 aromatic rings. The lowest BCUT2D eigenvalue weighted by atomic mass is 10.0. The van der Waals surface area contributed by atoms with Crippen LogP contribution in [0.4, 0.5) is 5.69 Å². The second-order valence-electron chi connectivity index (χ2n) is 7.83. The summed E-state index contributed by atoms with van der Waals surface area (Å²) in [5.41, 5.74) is 2.51. The maximum Gasteiger partial charge on any atom is 0.270 e. The molecular weight excluding hydrogens is 406 g/mol. The van der Waals surface area contributed by atoms with Gasteiger partial charge >= 0.3 is 0 Å². The molecule has 32 heavy (non-hydrogen) atoms. The minimum atomic E-state index is -0.453. The molecule has 1 saturated heterocycles. The zero-order chi connectivity index (χ0) is 22.5. The van der Waals surface area contributed by atoms with Crippen LogP contribution in [0, 0.1) is 17.0 Å². The molecule has 0 unspecified atom stereocenters. The van der Waals surface area contributed by atoms with E-state index in [0.717, 1.165) is 25.2 Å². The number of non-ortho nitro benzene ring substituents is 1. The first-order chi connectivity index (χ1) is 15.5. The van der Waals surface area contributed by atoms with Crippen molar-refractivity contribution in [1.82, 2.24) is 20.2 Å². The highest BCUT2D eigenvalue weighted by molar-refractivity contribution is 6.01. The van der Waals surface area contributed by atoms with Gasteiger partial charge in [-0.25, -0.2) is 9.97 Å². The van der Waals surface area contributed by atoms with Crippen LogP contribution in [0.25, 0.3) is 22.6 Å². The fraction of sp³-hybridized carbons (Fsp3) is 0.292. The summed E-state index contributed by atoms with van der Waals surface area (Å²) in [6.45, 7) is 5.20. The summed E-state index contributed by atoms with van der Waals surface area (Å²) in [6.07, 6.45) is 2.39. The molecule has 0 aliphatic carbocycles. The Balaban J connectivity index is 1.71. The SMILES string of the molecule is Cc1nc(-c2ccccc2)nc(-c2cccc([N+](=O)[O-])c2)c1C(=O)NCCN1CCCC1. The second kappa shape index (κ2) is 9.65. The van der Waals surface area contributed by atoms with Gasteiger partial charge in [0.15, 0.2) is 5.82 Å². The van der Waals surface area contributed by atoms with E-state index in [9.17, 15) is 14.9 Å². The highest BCUT2D eigenvalue weighted by atomic mass is 16.6. The van der Waals surface area contributed by atoms with E-state index < -0.39 is 4.92 Å². The lowest BCUT2D eigenvalue weighted by Crippen LogP contribution is -2.34. The number of nitrogens with one attached hydrogen (secondary N) is 1. The highest BCUT2D eigenvalue weighted by Crippen LogP contribution is 2.29. The Kier molecular flexibility index (Phi) is 6.51. The molecule has 1 aliphatic heterocycles. The molecule has 0 bridgehead atoms. The first-order valence-corrected chi connectivity index (χ1v) is 10.7. The highest BCUT2D eigenvalue weighted by Gasteiger charge is 2.22. The quantitative estimate of drug-likeness (QED) is 0.450. The van der Waals surface area contributed by atoms with E-state index in [1.807, 2.05) is 30.3 Å². The van der Waals surface area contributed by atoms with Crippen LogP contribution in [0.3, 0.4) is 0 Å². The number of carbonyl (C=O) groups is 1. The minimum Gasteiger partial charge on any atom is -0.351 e. The maximum absolute atomic E-state index is 13.2. The third-order valence-corrected chi connectivity index (χ3v) is 5.59. The van der Waals surface area contributed by atoms with Gasteiger partial charge < -0.3 is 10.2 Å². The molecule has 8 heteroatoms. The average molecular weight is 431 g/mol. The van der Waals surface area contributed by atoms with Crippen LogP contribution in [0.5, 0.6) is 0 Å². The molecule has 1 aromatic heterocycles. The van der Waals surface area contributed by atoms with Gasteiger partial charge in [0.1, 0.15) is 0 Å². The Morgan fingerprint density at radius 3 is 2.50 bits per heavy atom. The molecule has 0 atom stereocenters. The van der Waals surface area contributed by atoms with Crippen LogP contribution < -0.4 is 5.32 Å². The van der Waals surface area contributed by atoms with Gasteiger partial charge in [0.25, 0.3) is 11.6 Å². The number of hydrogen-bond acceptors (Lipinski definition) is 6. The number of carbonyl (C=O) groups excluding carboxylic acids is 1. The Bertz CT molecular complexity index is 1130. The number of hydrogen-bond donors (Lipinski definition) is 1. The number of nitro groups is 1. The van der Waals surface area contributed by atoms with Gasteiger partial charge in [0.05, 0.1) is 21.9 Å². The van der Waals surface area contributed by atoms with Crippen LogP contribution in [0.1, 0.15) is 28.9 Å². The lowest BCUT2D eigenvalue weighted by Gasteiger charge is -2.17. The summed E-state index contributed by atoms with van der Waals surface area (Å²) in [6, 6.07) is 15.7. The number of amides is 1. The van der Waals surface area contributed by atoms with E-state index in [1.54, 1.807) is 19.1 Å². The molecule has 0 saturated carbocycles. The molecular formula is C24H25N5O3. The molecule has 164 valence electrons. The number of aromatic nitrogens is 2. The Morgan fingerprint density at radius 2 is 1.78 bits per heavy atom. The maximum atomic E-state index is 13.2. The molecule has 8 nitrogen and oxygen atoms in total. The molecule has 4 rings (SSSR count). The standard InChI is InChI=1S/C24H25N5O3/c1-17-21(24(30)25-12-15-28-13-5-6-14-28)22(19-10-7-11-20(16-19)29(31)32)27-23(26-17)18-8-3-2-4-9-18/h2-4,7-11,16H,5-6,12-15H2,1H3,(H,25,30). The van der Waals surface area contributed by atoms with E-state index in [2.05, 4.69) is 20.2 Å². The van der Waals surface area contributed by atoms with Gasteiger partial charge in [-0.1, -0.05) is 42.5 Å². The first-order valence-electron chi connectivity index (χ1n) is 10.7. The fourth-order valence-electron chi connectivity index (χ4n) is 3.96. The van der Waals surface area contributed by atoms with Crippen molar-refractivity contribution in [2.75, 3.05) is 26.2 Å². The van der Waals surface area contributed by atoms with E-state index in [0.29, 0.717) is 34.9 Å². The Labute approximate surface area is 186 Å². The van der Waals surface area contributed by atoms with Gasteiger partial charge in [0, 0.05) is 36.3 Å². The van der Waals surface area contributed by atoms with Crippen molar-refractivity contribution in [3.8, 4) is 22.6 Å². The van der Waals surface area contributed by atoms with Crippen LogP contribution in [0.15, 0.2) is 54.6 Å². The lowest BCUT2D eigenvalue weighted by molar-refractivity contribution is -0.384. The van der Waals surface area contributed by atoms with Gasteiger partial charge in [-0.15, -0.1) is 0 Å². The monoisotopic (exact) mass is 431 g/mol. The van der Waals surface area contributed by atoms with Crippen molar-refractivity contribution in [3.05, 3.63) is 76.0 Å². The van der Waals surface area contributed by atoms with E-state index in [4.69, 9.17) is 0 Å². The third-order valence-electron chi connectivity index (χ3n) is 5.59. The average Bonchev–Trinajstić information content (AvgIpc) is 3.32. The van der Waals surface area contributed by atoms with Crippen molar-refractivity contribution in [2.45, 2.75) is 19.8 Å².